The van der Waals surface area contributed by atoms with Crippen molar-refractivity contribution in [3.63, 3.8) is 0 Å². The molecule has 0 amide bonds. The summed E-state index contributed by atoms with van der Waals surface area (Å²) in [6.45, 7) is 4.09. The highest BCUT2D eigenvalue weighted by Crippen LogP contribution is 2.30. The highest BCUT2D eigenvalue weighted by atomic mass is 32.1. The molecule has 0 spiro atoms. The maximum Gasteiger partial charge on any atom is 0.123 e. The number of hydrogen-bond acceptors (Lipinski definition) is 2. The van der Waals surface area contributed by atoms with Crippen LogP contribution in [0.3, 0.4) is 0 Å². The summed E-state index contributed by atoms with van der Waals surface area (Å²) in [5.74, 6) is -0.209. The average molecular weight is 249 g/mol. The zero-order valence-electron chi connectivity index (χ0n) is 10.0. The third-order valence-electron chi connectivity index (χ3n) is 2.87. The van der Waals surface area contributed by atoms with Crippen molar-refractivity contribution in [2.45, 2.75) is 25.8 Å². The van der Waals surface area contributed by atoms with E-state index in [0.29, 0.717) is 6.42 Å². The summed E-state index contributed by atoms with van der Waals surface area (Å²) in [6, 6.07) is 8.63. The fourth-order valence-electron chi connectivity index (χ4n) is 2.06. The van der Waals surface area contributed by atoms with E-state index in [1.165, 1.54) is 22.6 Å². The highest BCUT2D eigenvalue weighted by Gasteiger charge is 2.24. The summed E-state index contributed by atoms with van der Waals surface area (Å²) >= 11 is 1.68. The Balaban J connectivity index is 2.23. The van der Waals surface area contributed by atoms with Crippen molar-refractivity contribution < 1.29 is 4.39 Å². The maximum atomic E-state index is 12.8. The first-order valence-electron chi connectivity index (χ1n) is 5.57. The molecule has 1 atom stereocenters. The molecular formula is C14H16FNS. The highest BCUT2D eigenvalue weighted by molar-refractivity contribution is 7.10. The Morgan fingerprint density at radius 3 is 2.41 bits per heavy atom. The normalized spacial score (nSPS) is 14.6. The zero-order valence-corrected chi connectivity index (χ0v) is 10.9. The summed E-state index contributed by atoms with van der Waals surface area (Å²) in [5, 5.41) is 2.06. The van der Waals surface area contributed by atoms with Gasteiger partial charge in [-0.2, -0.15) is 0 Å². The predicted octanol–water partition coefficient (Wildman–Crippen LogP) is 3.61. The van der Waals surface area contributed by atoms with Crippen molar-refractivity contribution in [1.29, 1.82) is 0 Å². The minimum absolute atomic E-state index is 0.209. The van der Waals surface area contributed by atoms with Gasteiger partial charge in [0.25, 0.3) is 0 Å². The van der Waals surface area contributed by atoms with Crippen molar-refractivity contribution in [1.82, 2.24) is 0 Å². The fraction of sp³-hybridized carbons (Fsp3) is 0.286. The van der Waals surface area contributed by atoms with E-state index in [2.05, 4.69) is 18.4 Å². The number of nitrogens with two attached hydrogens (primary N) is 1. The molecule has 3 heteroatoms. The van der Waals surface area contributed by atoms with E-state index in [1.54, 1.807) is 23.5 Å². The predicted molar refractivity (Wildman–Crippen MR) is 70.7 cm³/mol. The largest absolute Gasteiger partial charge is 0.321 e. The molecule has 0 aliphatic carbocycles. The molecule has 0 aliphatic rings. The van der Waals surface area contributed by atoms with Gasteiger partial charge in [0, 0.05) is 4.88 Å². The molecule has 2 aromatic rings. The number of rotatable bonds is 3. The van der Waals surface area contributed by atoms with Crippen LogP contribution in [0.25, 0.3) is 0 Å². The quantitative estimate of drug-likeness (QED) is 0.883. The minimum Gasteiger partial charge on any atom is -0.321 e. The summed E-state index contributed by atoms with van der Waals surface area (Å²) < 4.78 is 12.8. The first-order chi connectivity index (χ1) is 7.99. The van der Waals surface area contributed by atoms with Crippen molar-refractivity contribution in [3.05, 3.63) is 57.5 Å². The van der Waals surface area contributed by atoms with Crippen LogP contribution in [0.1, 0.15) is 22.9 Å². The van der Waals surface area contributed by atoms with Crippen LogP contribution in [0.4, 0.5) is 4.39 Å². The number of aryl methyl sites for hydroxylation is 1. The van der Waals surface area contributed by atoms with Crippen LogP contribution < -0.4 is 5.73 Å². The van der Waals surface area contributed by atoms with Crippen LogP contribution in [-0.4, -0.2) is 0 Å². The third kappa shape index (κ3) is 2.73. The lowest BCUT2D eigenvalue weighted by Gasteiger charge is -2.24. The second kappa shape index (κ2) is 4.59. The van der Waals surface area contributed by atoms with E-state index in [-0.39, 0.29) is 5.82 Å². The lowest BCUT2D eigenvalue weighted by Crippen LogP contribution is -2.35. The van der Waals surface area contributed by atoms with Gasteiger partial charge >= 0.3 is 0 Å². The van der Waals surface area contributed by atoms with Crippen molar-refractivity contribution >= 4 is 11.3 Å². The molecule has 0 fully saturated rings. The Morgan fingerprint density at radius 1 is 1.24 bits per heavy atom. The smallest absolute Gasteiger partial charge is 0.123 e. The van der Waals surface area contributed by atoms with Gasteiger partial charge in [-0.15, -0.1) is 11.3 Å². The van der Waals surface area contributed by atoms with E-state index < -0.39 is 5.54 Å². The SMILES string of the molecule is Cc1ccsc1C(C)(N)Cc1ccc(F)cc1. The van der Waals surface area contributed by atoms with Gasteiger partial charge < -0.3 is 5.73 Å². The molecule has 0 saturated heterocycles. The Labute approximate surface area is 105 Å². The van der Waals surface area contributed by atoms with Gasteiger partial charge in [0.2, 0.25) is 0 Å². The molecule has 0 saturated carbocycles. The second-order valence-corrected chi connectivity index (χ2v) is 5.57. The average Bonchev–Trinajstić information content (AvgIpc) is 2.68. The van der Waals surface area contributed by atoms with Gasteiger partial charge in [-0.1, -0.05) is 12.1 Å². The van der Waals surface area contributed by atoms with Gasteiger partial charge in [0.05, 0.1) is 5.54 Å². The molecule has 1 aromatic carbocycles. The number of hydrogen-bond donors (Lipinski definition) is 1. The Hall–Kier alpha value is -1.19. The standard InChI is InChI=1S/C14H16FNS/c1-10-7-8-17-13(10)14(2,16)9-11-3-5-12(15)6-4-11/h3-8H,9,16H2,1-2H3. The lowest BCUT2D eigenvalue weighted by atomic mass is 9.90. The molecule has 17 heavy (non-hydrogen) atoms. The van der Waals surface area contributed by atoms with Crippen LogP contribution in [-0.2, 0) is 12.0 Å². The molecule has 0 radical (unpaired) electrons. The molecule has 90 valence electrons. The van der Waals surface area contributed by atoms with E-state index in [9.17, 15) is 4.39 Å². The Bertz CT molecular complexity index is 499. The minimum atomic E-state index is -0.393. The third-order valence-corrected chi connectivity index (χ3v) is 4.16. The number of benzene rings is 1. The molecule has 2 rings (SSSR count). The topological polar surface area (TPSA) is 26.0 Å². The summed E-state index contributed by atoms with van der Waals surface area (Å²) in [4.78, 5) is 1.20. The summed E-state index contributed by atoms with van der Waals surface area (Å²) in [5.41, 5.74) is 8.26. The van der Waals surface area contributed by atoms with Crippen LogP contribution in [0.15, 0.2) is 35.7 Å². The molecule has 1 aromatic heterocycles. The van der Waals surface area contributed by atoms with E-state index in [1.807, 2.05) is 6.92 Å². The lowest BCUT2D eigenvalue weighted by molar-refractivity contribution is 0.499. The van der Waals surface area contributed by atoms with Crippen LogP contribution >= 0.6 is 11.3 Å². The van der Waals surface area contributed by atoms with Gasteiger partial charge in [0.1, 0.15) is 5.82 Å². The van der Waals surface area contributed by atoms with E-state index in [0.717, 1.165) is 5.56 Å². The monoisotopic (exact) mass is 249 g/mol. The molecular weight excluding hydrogens is 233 g/mol. The molecule has 1 unspecified atom stereocenters. The second-order valence-electron chi connectivity index (χ2n) is 4.65. The van der Waals surface area contributed by atoms with Gasteiger partial charge in [-0.25, -0.2) is 4.39 Å². The molecule has 1 nitrogen and oxygen atoms in total. The fourth-order valence-corrected chi connectivity index (χ4v) is 3.07. The number of thiophene rings is 1. The van der Waals surface area contributed by atoms with Gasteiger partial charge in [-0.05, 0) is 55.0 Å². The first-order valence-corrected chi connectivity index (χ1v) is 6.45. The maximum absolute atomic E-state index is 12.8. The molecule has 0 bridgehead atoms. The Morgan fingerprint density at radius 2 is 1.88 bits per heavy atom. The van der Waals surface area contributed by atoms with Crippen LogP contribution in [0.5, 0.6) is 0 Å². The number of halogens is 1. The molecule has 0 aliphatic heterocycles. The van der Waals surface area contributed by atoms with Crippen molar-refractivity contribution in [2.75, 3.05) is 0 Å². The van der Waals surface area contributed by atoms with Gasteiger partial charge in [-0.3, -0.25) is 0 Å². The van der Waals surface area contributed by atoms with E-state index in [4.69, 9.17) is 5.73 Å². The zero-order chi connectivity index (χ0) is 12.5. The van der Waals surface area contributed by atoms with Crippen LogP contribution in [0, 0.1) is 12.7 Å². The molecule has 1 heterocycles. The summed E-state index contributed by atoms with van der Waals surface area (Å²) in [6.07, 6.45) is 0.717. The first kappa shape index (κ1) is 12.3. The summed E-state index contributed by atoms with van der Waals surface area (Å²) in [7, 11) is 0. The molecule has 2 N–H and O–H groups in total. The van der Waals surface area contributed by atoms with Gasteiger partial charge in [0.15, 0.2) is 0 Å². The van der Waals surface area contributed by atoms with Crippen LogP contribution in [0.2, 0.25) is 0 Å². The Kier molecular flexibility index (Phi) is 3.31. The van der Waals surface area contributed by atoms with Crippen molar-refractivity contribution in [3.8, 4) is 0 Å². The van der Waals surface area contributed by atoms with Crippen molar-refractivity contribution in [2.24, 2.45) is 5.73 Å². The van der Waals surface area contributed by atoms with E-state index >= 15 is 0 Å².